The van der Waals surface area contributed by atoms with Gasteiger partial charge in [-0.15, -0.1) is 0 Å². The van der Waals surface area contributed by atoms with E-state index in [1.54, 1.807) is 0 Å². The maximum Gasteiger partial charge on any atom is 0.0594 e. The molecule has 0 spiro atoms. The van der Waals surface area contributed by atoms with Crippen LogP contribution in [0.3, 0.4) is 0 Å². The van der Waals surface area contributed by atoms with E-state index in [2.05, 4.69) is 83.0 Å². The Kier molecular flexibility index (Phi) is 5.80. The molecule has 2 aromatic carbocycles. The van der Waals surface area contributed by atoms with E-state index >= 15 is 0 Å². The molecule has 2 aliphatic rings. The Morgan fingerprint density at radius 3 is 2.42 bits per heavy atom. The van der Waals surface area contributed by atoms with Crippen molar-refractivity contribution in [2.24, 2.45) is 0 Å². The molecule has 2 heterocycles. The molecule has 3 heteroatoms. The lowest BCUT2D eigenvalue weighted by Gasteiger charge is -2.32. The van der Waals surface area contributed by atoms with E-state index in [9.17, 15) is 0 Å². The molecular weight excluding hydrogens is 320 g/mol. The molecule has 1 N–H and O–H groups in total. The van der Waals surface area contributed by atoms with Crippen molar-refractivity contribution >= 4 is 6.08 Å². The number of aryl methyl sites for hydroxylation is 1. The van der Waals surface area contributed by atoms with Crippen molar-refractivity contribution < 1.29 is 4.74 Å². The molecule has 0 radical (unpaired) electrons. The Balaban J connectivity index is 1.39. The minimum absolute atomic E-state index is 0.444. The third-order valence-electron chi connectivity index (χ3n) is 5.44. The van der Waals surface area contributed by atoms with E-state index in [0.717, 1.165) is 32.7 Å². The first-order valence-corrected chi connectivity index (χ1v) is 9.75. The van der Waals surface area contributed by atoms with E-state index in [0.29, 0.717) is 18.1 Å². The molecular formula is C23H28N2O. The lowest BCUT2D eigenvalue weighted by Crippen LogP contribution is -2.46. The zero-order valence-corrected chi connectivity index (χ0v) is 15.3. The molecule has 0 aromatic heterocycles. The van der Waals surface area contributed by atoms with Gasteiger partial charge in [0.1, 0.15) is 0 Å². The zero-order chi connectivity index (χ0) is 17.6. The smallest absolute Gasteiger partial charge is 0.0594 e. The minimum Gasteiger partial charge on any atom is -0.379 e. The predicted octanol–water partition coefficient (Wildman–Crippen LogP) is 3.37. The topological polar surface area (TPSA) is 34.4 Å². The van der Waals surface area contributed by atoms with Crippen molar-refractivity contribution in [3.8, 4) is 0 Å². The van der Waals surface area contributed by atoms with Gasteiger partial charge in [0.25, 0.3) is 0 Å². The van der Waals surface area contributed by atoms with Crippen LogP contribution in [-0.4, -0.2) is 49.3 Å². The highest BCUT2D eigenvalue weighted by Gasteiger charge is 2.43. The predicted molar refractivity (Wildman–Crippen MR) is 107 cm³/mol. The third kappa shape index (κ3) is 4.61. The molecule has 0 saturated carbocycles. The van der Waals surface area contributed by atoms with Gasteiger partial charge in [-0.1, -0.05) is 72.8 Å². The summed E-state index contributed by atoms with van der Waals surface area (Å²) in [6, 6.07) is 23.0. The van der Waals surface area contributed by atoms with Crippen molar-refractivity contribution in [2.75, 3.05) is 26.3 Å². The molecule has 2 aromatic rings. The fourth-order valence-corrected chi connectivity index (χ4v) is 3.88. The fourth-order valence-electron chi connectivity index (χ4n) is 3.88. The maximum absolute atomic E-state index is 5.56. The van der Waals surface area contributed by atoms with Crippen LogP contribution < -0.4 is 5.32 Å². The molecule has 2 fully saturated rings. The third-order valence-corrected chi connectivity index (χ3v) is 5.44. The van der Waals surface area contributed by atoms with Crippen LogP contribution in [0.25, 0.3) is 6.08 Å². The average molecular weight is 348 g/mol. The monoisotopic (exact) mass is 348 g/mol. The highest BCUT2D eigenvalue weighted by atomic mass is 16.5. The van der Waals surface area contributed by atoms with Gasteiger partial charge in [-0.25, -0.2) is 0 Å². The number of nitrogens with one attached hydrogen (secondary N) is 1. The van der Waals surface area contributed by atoms with Gasteiger partial charge in [-0.05, 0) is 24.0 Å². The second-order valence-corrected chi connectivity index (χ2v) is 7.23. The van der Waals surface area contributed by atoms with Crippen molar-refractivity contribution in [3.63, 3.8) is 0 Å². The first-order chi connectivity index (χ1) is 12.9. The maximum atomic E-state index is 5.56. The van der Waals surface area contributed by atoms with Crippen molar-refractivity contribution in [1.29, 1.82) is 0 Å². The average Bonchev–Trinajstić information content (AvgIpc) is 3.48. The molecule has 3 unspecified atom stereocenters. The number of morpholine rings is 1. The van der Waals surface area contributed by atoms with E-state index in [1.807, 2.05) is 0 Å². The first kappa shape index (κ1) is 17.5. The lowest BCUT2D eigenvalue weighted by molar-refractivity contribution is 0.0252. The molecule has 136 valence electrons. The van der Waals surface area contributed by atoms with Crippen molar-refractivity contribution in [1.82, 2.24) is 10.2 Å². The standard InChI is InChI=1S/C23H28N2O/c1-3-7-19(8-4-1)11-13-21-23(24-21)22(25-15-17-26-18-16-25)14-12-20-9-5-2-6-10-20/h1-10,12,14,21-24H,11,13,15-18H2/b14-12+. The molecule has 2 aliphatic heterocycles. The summed E-state index contributed by atoms with van der Waals surface area (Å²) >= 11 is 0. The summed E-state index contributed by atoms with van der Waals surface area (Å²) in [6.07, 6.45) is 7.01. The molecule has 3 nitrogen and oxygen atoms in total. The molecule has 3 atom stereocenters. The van der Waals surface area contributed by atoms with Crippen LogP contribution in [0.5, 0.6) is 0 Å². The Morgan fingerprint density at radius 2 is 1.69 bits per heavy atom. The number of hydrogen-bond acceptors (Lipinski definition) is 3. The molecule has 26 heavy (non-hydrogen) atoms. The van der Waals surface area contributed by atoms with Crippen molar-refractivity contribution in [2.45, 2.75) is 31.0 Å². The SMILES string of the molecule is C(=C\C(C1NC1CCc1ccccc1)N1CCOCC1)/c1ccccc1. The van der Waals surface area contributed by atoms with Crippen LogP contribution in [0, 0.1) is 0 Å². The van der Waals surface area contributed by atoms with Crippen LogP contribution in [-0.2, 0) is 11.2 Å². The number of nitrogens with zero attached hydrogens (tertiary/aromatic N) is 1. The van der Waals surface area contributed by atoms with Crippen LogP contribution in [0.4, 0.5) is 0 Å². The number of hydrogen-bond donors (Lipinski definition) is 1. The van der Waals surface area contributed by atoms with Gasteiger partial charge in [-0.3, -0.25) is 4.90 Å². The molecule has 0 bridgehead atoms. The Labute approximate surface area is 156 Å². The van der Waals surface area contributed by atoms with Crippen molar-refractivity contribution in [3.05, 3.63) is 77.9 Å². The minimum atomic E-state index is 0.444. The quantitative estimate of drug-likeness (QED) is 0.779. The van der Waals surface area contributed by atoms with Crippen LogP contribution in [0.1, 0.15) is 17.5 Å². The molecule has 0 amide bonds. The summed E-state index contributed by atoms with van der Waals surface area (Å²) in [5.74, 6) is 0. The fraction of sp³-hybridized carbons (Fsp3) is 0.391. The second kappa shape index (κ2) is 8.63. The van der Waals surface area contributed by atoms with E-state index in [1.165, 1.54) is 17.5 Å². The van der Waals surface area contributed by atoms with Gasteiger partial charge in [0, 0.05) is 31.2 Å². The van der Waals surface area contributed by atoms with E-state index in [-0.39, 0.29) is 0 Å². The number of ether oxygens (including phenoxy) is 1. The lowest BCUT2D eigenvalue weighted by atomic mass is 10.0. The summed E-state index contributed by atoms with van der Waals surface area (Å²) in [5.41, 5.74) is 2.70. The second-order valence-electron chi connectivity index (χ2n) is 7.23. The highest BCUT2D eigenvalue weighted by Crippen LogP contribution is 2.26. The van der Waals surface area contributed by atoms with Gasteiger partial charge < -0.3 is 10.1 Å². The number of rotatable bonds is 7. The van der Waals surface area contributed by atoms with Crippen LogP contribution in [0.2, 0.25) is 0 Å². The van der Waals surface area contributed by atoms with Gasteiger partial charge in [0.2, 0.25) is 0 Å². The van der Waals surface area contributed by atoms with Crippen LogP contribution in [0.15, 0.2) is 66.7 Å². The Hall–Kier alpha value is -1.94. The van der Waals surface area contributed by atoms with Gasteiger partial charge in [0.15, 0.2) is 0 Å². The van der Waals surface area contributed by atoms with E-state index < -0.39 is 0 Å². The van der Waals surface area contributed by atoms with Gasteiger partial charge in [0.05, 0.1) is 13.2 Å². The normalized spacial score (nSPS) is 24.6. The highest BCUT2D eigenvalue weighted by molar-refractivity contribution is 5.50. The van der Waals surface area contributed by atoms with E-state index in [4.69, 9.17) is 4.74 Å². The largest absolute Gasteiger partial charge is 0.379 e. The summed E-state index contributed by atoms with van der Waals surface area (Å²) < 4.78 is 5.56. The summed E-state index contributed by atoms with van der Waals surface area (Å²) in [4.78, 5) is 2.57. The Bertz CT molecular complexity index is 695. The van der Waals surface area contributed by atoms with Crippen LogP contribution >= 0.6 is 0 Å². The summed E-state index contributed by atoms with van der Waals surface area (Å²) in [6.45, 7) is 3.73. The summed E-state index contributed by atoms with van der Waals surface area (Å²) in [5, 5.41) is 3.74. The zero-order valence-electron chi connectivity index (χ0n) is 15.3. The Morgan fingerprint density at radius 1 is 1.00 bits per heavy atom. The van der Waals surface area contributed by atoms with Gasteiger partial charge >= 0.3 is 0 Å². The first-order valence-electron chi connectivity index (χ1n) is 9.75. The van der Waals surface area contributed by atoms with Gasteiger partial charge in [-0.2, -0.15) is 0 Å². The number of benzene rings is 2. The molecule has 2 saturated heterocycles. The molecule has 0 aliphatic carbocycles. The summed E-state index contributed by atoms with van der Waals surface area (Å²) in [7, 11) is 0. The molecule has 4 rings (SSSR count).